The molecule has 0 rings (SSSR count). The number of hydrogen-bond donors (Lipinski definition) is 0. The summed E-state index contributed by atoms with van der Waals surface area (Å²) in [4.78, 5) is 22.8. The van der Waals surface area contributed by atoms with E-state index in [1.54, 1.807) is 0 Å². The number of terminal acetylenes is 1. The van der Waals surface area contributed by atoms with E-state index in [2.05, 4.69) is 5.92 Å². The van der Waals surface area contributed by atoms with Gasteiger partial charge in [-0.3, -0.25) is 9.59 Å². The van der Waals surface area contributed by atoms with Crippen molar-refractivity contribution in [2.24, 2.45) is 5.41 Å². The molecule has 114 valence electrons. The number of ether oxygens (including phenoxy) is 2. The Bertz CT molecular complexity index is 333. The van der Waals surface area contributed by atoms with Gasteiger partial charge < -0.3 is 9.47 Å². The number of carbonyl (C=O) groups is 2. The second-order valence-corrected chi connectivity index (χ2v) is 5.68. The van der Waals surface area contributed by atoms with Crippen molar-refractivity contribution >= 4 is 11.6 Å². The molecule has 0 aromatic carbocycles. The SMILES string of the molecule is C#CCCC(=O)CCCOCCOCC(=O)C(C)(C)C. The molecule has 4 heteroatoms. The van der Waals surface area contributed by atoms with Gasteiger partial charge in [0.2, 0.25) is 0 Å². The van der Waals surface area contributed by atoms with Crippen molar-refractivity contribution in [3.63, 3.8) is 0 Å². The van der Waals surface area contributed by atoms with Crippen LogP contribution in [-0.2, 0) is 19.1 Å². The standard InChI is InChI=1S/C16H26O4/c1-5-6-8-14(17)9-7-10-19-11-12-20-13-15(18)16(2,3)4/h1H,6-13H2,2-4H3. The van der Waals surface area contributed by atoms with Gasteiger partial charge in [0.25, 0.3) is 0 Å². The second-order valence-electron chi connectivity index (χ2n) is 5.68. The Morgan fingerprint density at radius 3 is 2.30 bits per heavy atom. The second kappa shape index (κ2) is 10.6. The third-order valence-electron chi connectivity index (χ3n) is 2.73. The number of Topliss-reactive ketones (excluding diaryl/α,β-unsaturated/α-hetero) is 2. The summed E-state index contributed by atoms with van der Waals surface area (Å²) in [5.41, 5.74) is -0.362. The van der Waals surface area contributed by atoms with Crippen molar-refractivity contribution in [2.75, 3.05) is 26.4 Å². The van der Waals surface area contributed by atoms with Crippen LogP contribution in [0.15, 0.2) is 0 Å². The van der Waals surface area contributed by atoms with E-state index in [1.807, 2.05) is 20.8 Å². The van der Waals surface area contributed by atoms with Gasteiger partial charge in [-0.25, -0.2) is 0 Å². The predicted octanol–water partition coefficient (Wildman–Crippen LogP) is 2.40. The average molecular weight is 282 g/mol. The molecule has 0 heterocycles. The smallest absolute Gasteiger partial charge is 0.163 e. The summed E-state index contributed by atoms with van der Waals surface area (Å²) in [6.45, 7) is 7.09. The van der Waals surface area contributed by atoms with Gasteiger partial charge >= 0.3 is 0 Å². The van der Waals surface area contributed by atoms with Gasteiger partial charge in [-0.2, -0.15) is 0 Å². The molecule has 0 bridgehead atoms. The fourth-order valence-corrected chi connectivity index (χ4v) is 1.31. The summed E-state index contributed by atoms with van der Waals surface area (Å²) in [5, 5.41) is 0. The van der Waals surface area contributed by atoms with E-state index in [0.717, 1.165) is 0 Å². The Balaban J connectivity index is 3.36. The van der Waals surface area contributed by atoms with E-state index in [0.29, 0.717) is 45.5 Å². The zero-order valence-corrected chi connectivity index (χ0v) is 12.9. The van der Waals surface area contributed by atoms with E-state index in [-0.39, 0.29) is 23.6 Å². The van der Waals surface area contributed by atoms with Crippen LogP contribution in [0.5, 0.6) is 0 Å². The van der Waals surface area contributed by atoms with E-state index in [1.165, 1.54) is 0 Å². The van der Waals surface area contributed by atoms with Gasteiger partial charge in [0.15, 0.2) is 5.78 Å². The molecule has 0 atom stereocenters. The molecule has 0 amide bonds. The summed E-state index contributed by atoms with van der Waals surface area (Å²) in [7, 11) is 0. The highest BCUT2D eigenvalue weighted by Crippen LogP contribution is 2.14. The van der Waals surface area contributed by atoms with Gasteiger partial charge in [0.05, 0.1) is 13.2 Å². The largest absolute Gasteiger partial charge is 0.379 e. The molecule has 0 aromatic heterocycles. The molecule has 0 unspecified atom stereocenters. The van der Waals surface area contributed by atoms with Gasteiger partial charge in [-0.1, -0.05) is 20.8 Å². The minimum atomic E-state index is -0.362. The van der Waals surface area contributed by atoms with Gasteiger partial charge in [0.1, 0.15) is 12.4 Å². The molecule has 0 aliphatic heterocycles. The van der Waals surface area contributed by atoms with Crippen molar-refractivity contribution in [1.29, 1.82) is 0 Å². The summed E-state index contributed by atoms with van der Waals surface area (Å²) in [6.07, 6.45) is 7.25. The average Bonchev–Trinajstić information content (AvgIpc) is 2.37. The molecular formula is C16H26O4. The van der Waals surface area contributed by atoms with Crippen LogP contribution in [0.25, 0.3) is 0 Å². The normalized spacial score (nSPS) is 11.1. The Morgan fingerprint density at radius 2 is 1.70 bits per heavy atom. The third-order valence-corrected chi connectivity index (χ3v) is 2.73. The van der Waals surface area contributed by atoms with Crippen LogP contribution < -0.4 is 0 Å². The fraction of sp³-hybridized carbons (Fsp3) is 0.750. The van der Waals surface area contributed by atoms with Crippen LogP contribution in [0.2, 0.25) is 0 Å². The molecule has 20 heavy (non-hydrogen) atoms. The summed E-state index contributed by atoms with van der Waals surface area (Å²) in [5.74, 6) is 2.71. The predicted molar refractivity (Wildman–Crippen MR) is 78.4 cm³/mol. The molecule has 0 spiro atoms. The maximum Gasteiger partial charge on any atom is 0.163 e. The molecule has 0 aliphatic rings. The van der Waals surface area contributed by atoms with Crippen LogP contribution in [-0.4, -0.2) is 38.0 Å². The topological polar surface area (TPSA) is 52.6 Å². The number of ketones is 2. The van der Waals surface area contributed by atoms with Gasteiger partial charge in [-0.15, -0.1) is 12.3 Å². The lowest BCUT2D eigenvalue weighted by Gasteiger charge is -2.16. The lowest BCUT2D eigenvalue weighted by Crippen LogP contribution is -2.25. The maximum absolute atomic E-state index is 11.5. The molecule has 0 fully saturated rings. The molecule has 0 aromatic rings. The van der Waals surface area contributed by atoms with Crippen LogP contribution in [0.3, 0.4) is 0 Å². The molecule has 4 nitrogen and oxygen atoms in total. The van der Waals surface area contributed by atoms with Crippen molar-refractivity contribution in [1.82, 2.24) is 0 Å². The lowest BCUT2D eigenvalue weighted by atomic mass is 9.91. The minimum absolute atomic E-state index is 0.0802. The number of hydrogen-bond acceptors (Lipinski definition) is 4. The Labute approximate surface area is 122 Å². The molecule has 0 saturated heterocycles. The first-order chi connectivity index (χ1) is 9.38. The van der Waals surface area contributed by atoms with E-state index in [4.69, 9.17) is 15.9 Å². The zero-order valence-electron chi connectivity index (χ0n) is 12.9. The van der Waals surface area contributed by atoms with Crippen molar-refractivity contribution in [3.8, 4) is 12.3 Å². The zero-order chi connectivity index (χ0) is 15.4. The van der Waals surface area contributed by atoms with E-state index >= 15 is 0 Å². The fourth-order valence-electron chi connectivity index (χ4n) is 1.31. The first kappa shape index (κ1) is 18.8. The first-order valence-electron chi connectivity index (χ1n) is 7.02. The van der Waals surface area contributed by atoms with Crippen LogP contribution in [0.1, 0.15) is 46.5 Å². The molecule has 0 N–H and O–H groups in total. The highest BCUT2D eigenvalue weighted by atomic mass is 16.5. The summed E-state index contributed by atoms with van der Waals surface area (Å²) < 4.78 is 10.6. The van der Waals surface area contributed by atoms with E-state index in [9.17, 15) is 9.59 Å². The number of carbonyl (C=O) groups excluding carboxylic acids is 2. The Kier molecular flexibility index (Phi) is 9.96. The maximum atomic E-state index is 11.5. The minimum Gasteiger partial charge on any atom is -0.379 e. The monoisotopic (exact) mass is 282 g/mol. The van der Waals surface area contributed by atoms with Crippen LogP contribution in [0.4, 0.5) is 0 Å². The number of rotatable bonds is 11. The van der Waals surface area contributed by atoms with Gasteiger partial charge in [-0.05, 0) is 6.42 Å². The van der Waals surface area contributed by atoms with Gasteiger partial charge in [0, 0.05) is 31.3 Å². The summed E-state index contributed by atoms with van der Waals surface area (Å²) in [6, 6.07) is 0. The van der Waals surface area contributed by atoms with Crippen molar-refractivity contribution < 1.29 is 19.1 Å². The first-order valence-corrected chi connectivity index (χ1v) is 7.02. The third kappa shape index (κ3) is 10.7. The molecule has 0 aliphatic carbocycles. The molecule has 0 saturated carbocycles. The molecule has 0 radical (unpaired) electrons. The van der Waals surface area contributed by atoms with Crippen LogP contribution in [0, 0.1) is 17.8 Å². The quantitative estimate of drug-likeness (QED) is 0.431. The van der Waals surface area contributed by atoms with Crippen LogP contribution >= 0.6 is 0 Å². The highest BCUT2D eigenvalue weighted by molar-refractivity contribution is 5.84. The Morgan fingerprint density at radius 1 is 1.05 bits per heavy atom. The Hall–Kier alpha value is -1.18. The molecular weight excluding hydrogens is 256 g/mol. The highest BCUT2D eigenvalue weighted by Gasteiger charge is 2.20. The van der Waals surface area contributed by atoms with Crippen molar-refractivity contribution in [3.05, 3.63) is 0 Å². The lowest BCUT2D eigenvalue weighted by molar-refractivity contribution is -0.131. The van der Waals surface area contributed by atoms with Crippen molar-refractivity contribution in [2.45, 2.75) is 46.5 Å². The summed E-state index contributed by atoms with van der Waals surface area (Å²) >= 11 is 0. The van der Waals surface area contributed by atoms with E-state index < -0.39 is 0 Å².